The van der Waals surface area contributed by atoms with E-state index in [4.69, 9.17) is 14.2 Å². The molecule has 1 aromatic carbocycles. The smallest absolute Gasteiger partial charge is 0.341 e. The van der Waals surface area contributed by atoms with Crippen molar-refractivity contribution in [3.05, 3.63) is 45.8 Å². The molecule has 31 heavy (non-hydrogen) atoms. The van der Waals surface area contributed by atoms with E-state index in [-0.39, 0.29) is 11.9 Å². The minimum Gasteiger partial charge on any atom is -0.497 e. The molecule has 6 nitrogen and oxygen atoms in total. The first-order chi connectivity index (χ1) is 15.0. The molecule has 2 aromatic rings. The van der Waals surface area contributed by atoms with Gasteiger partial charge in [0.15, 0.2) is 0 Å². The van der Waals surface area contributed by atoms with Crippen molar-refractivity contribution in [2.24, 2.45) is 5.92 Å². The Balaban J connectivity index is 1.83. The lowest BCUT2D eigenvalue weighted by atomic mass is 9.85. The molecule has 1 N–H and O–H groups in total. The highest BCUT2D eigenvalue weighted by molar-refractivity contribution is 7.17. The first-order valence-corrected chi connectivity index (χ1v) is 11.3. The van der Waals surface area contributed by atoms with Gasteiger partial charge >= 0.3 is 5.97 Å². The van der Waals surface area contributed by atoms with Gasteiger partial charge in [0.2, 0.25) is 5.91 Å². The summed E-state index contributed by atoms with van der Waals surface area (Å²) >= 11 is 1.49. The molecule has 1 aliphatic rings. The first-order valence-electron chi connectivity index (χ1n) is 10.5. The van der Waals surface area contributed by atoms with E-state index < -0.39 is 0 Å². The van der Waals surface area contributed by atoms with Gasteiger partial charge in [0.25, 0.3) is 0 Å². The number of amides is 1. The Kier molecular flexibility index (Phi) is 7.74. The molecule has 1 aliphatic carbocycles. The number of hydrogen-bond acceptors (Lipinski definition) is 6. The van der Waals surface area contributed by atoms with Crippen molar-refractivity contribution < 1.29 is 23.8 Å². The van der Waals surface area contributed by atoms with E-state index in [1.807, 2.05) is 6.07 Å². The van der Waals surface area contributed by atoms with Gasteiger partial charge in [-0.05, 0) is 55.9 Å². The number of ether oxygens (including phenoxy) is 3. The lowest BCUT2D eigenvalue weighted by Crippen LogP contribution is -2.16. The lowest BCUT2D eigenvalue weighted by molar-refractivity contribution is -0.111. The van der Waals surface area contributed by atoms with Gasteiger partial charge in [-0.3, -0.25) is 4.79 Å². The summed E-state index contributed by atoms with van der Waals surface area (Å²) in [6.07, 6.45) is 7.06. The molecular formula is C24H29NO5S. The summed E-state index contributed by atoms with van der Waals surface area (Å²) < 4.78 is 15.9. The maximum absolute atomic E-state index is 12.7. The van der Waals surface area contributed by atoms with E-state index in [2.05, 4.69) is 12.2 Å². The molecule has 0 saturated heterocycles. The largest absolute Gasteiger partial charge is 0.497 e. The van der Waals surface area contributed by atoms with Gasteiger partial charge in [-0.25, -0.2) is 4.79 Å². The molecule has 1 aromatic heterocycles. The Morgan fingerprint density at radius 3 is 2.71 bits per heavy atom. The van der Waals surface area contributed by atoms with Crippen LogP contribution in [0.5, 0.6) is 11.5 Å². The number of carbonyl (C=O) groups is 2. The van der Waals surface area contributed by atoms with E-state index in [1.54, 1.807) is 39.4 Å². The second-order valence-corrected chi connectivity index (χ2v) is 8.48. The monoisotopic (exact) mass is 443 g/mol. The van der Waals surface area contributed by atoms with Crippen LogP contribution in [-0.4, -0.2) is 32.7 Å². The van der Waals surface area contributed by atoms with E-state index in [0.29, 0.717) is 34.6 Å². The highest BCUT2D eigenvalue weighted by Gasteiger charge is 2.29. The minimum absolute atomic E-state index is 0.297. The number of anilines is 1. The number of esters is 1. The number of benzene rings is 1. The summed E-state index contributed by atoms with van der Waals surface area (Å²) in [6.45, 7) is 4.27. The summed E-state index contributed by atoms with van der Waals surface area (Å²) in [5, 5.41) is 3.46. The molecule has 0 unspecified atom stereocenters. The van der Waals surface area contributed by atoms with Gasteiger partial charge in [-0.15, -0.1) is 11.3 Å². The number of nitrogens with one attached hydrogen (secondary N) is 1. The van der Waals surface area contributed by atoms with Crippen molar-refractivity contribution in [1.29, 1.82) is 0 Å². The second kappa shape index (κ2) is 10.5. The quantitative estimate of drug-likeness (QED) is 0.453. The van der Waals surface area contributed by atoms with Crippen LogP contribution in [-0.2, 0) is 22.4 Å². The fourth-order valence-electron chi connectivity index (χ4n) is 3.79. The van der Waals surface area contributed by atoms with E-state index in [1.165, 1.54) is 22.3 Å². The Bertz CT molecular complexity index is 979. The van der Waals surface area contributed by atoms with E-state index in [9.17, 15) is 9.59 Å². The zero-order valence-electron chi connectivity index (χ0n) is 18.4. The Morgan fingerprint density at radius 2 is 2.03 bits per heavy atom. The van der Waals surface area contributed by atoms with Gasteiger partial charge in [0, 0.05) is 22.6 Å². The van der Waals surface area contributed by atoms with Crippen LogP contribution < -0.4 is 14.8 Å². The van der Waals surface area contributed by atoms with Crippen LogP contribution in [0.3, 0.4) is 0 Å². The van der Waals surface area contributed by atoms with Crippen LogP contribution in [0.15, 0.2) is 24.3 Å². The van der Waals surface area contributed by atoms with Crippen molar-refractivity contribution in [2.75, 3.05) is 26.1 Å². The molecule has 166 valence electrons. The average Bonchev–Trinajstić information content (AvgIpc) is 3.14. The van der Waals surface area contributed by atoms with Gasteiger partial charge in [0.1, 0.15) is 16.5 Å². The van der Waals surface area contributed by atoms with Gasteiger partial charge in [-0.2, -0.15) is 0 Å². The van der Waals surface area contributed by atoms with Crippen LogP contribution >= 0.6 is 11.3 Å². The summed E-state index contributed by atoms with van der Waals surface area (Å²) in [6, 6.07) is 5.38. The fourth-order valence-corrected chi connectivity index (χ4v) is 5.14. The third kappa shape index (κ3) is 5.28. The summed E-state index contributed by atoms with van der Waals surface area (Å²) in [5.74, 6) is 1.21. The van der Waals surface area contributed by atoms with Gasteiger partial charge in [-0.1, -0.05) is 13.3 Å². The predicted molar refractivity (Wildman–Crippen MR) is 123 cm³/mol. The second-order valence-electron chi connectivity index (χ2n) is 7.38. The van der Waals surface area contributed by atoms with Crippen LogP contribution in [0, 0.1) is 5.92 Å². The zero-order chi connectivity index (χ0) is 22.4. The van der Waals surface area contributed by atoms with Crippen molar-refractivity contribution >= 4 is 34.3 Å². The minimum atomic E-state index is -0.369. The number of methoxy groups -OCH3 is 2. The zero-order valence-corrected chi connectivity index (χ0v) is 19.3. The van der Waals surface area contributed by atoms with Gasteiger partial charge < -0.3 is 19.5 Å². The molecule has 0 fully saturated rings. The molecule has 0 saturated carbocycles. The number of hydrogen-bond donors (Lipinski definition) is 1. The Hall–Kier alpha value is -2.80. The number of thiophene rings is 1. The Labute approximate surface area is 187 Å². The van der Waals surface area contributed by atoms with Crippen LogP contribution in [0.4, 0.5) is 5.00 Å². The molecule has 7 heteroatoms. The number of rotatable bonds is 8. The van der Waals surface area contributed by atoms with Crippen molar-refractivity contribution in [3.8, 4) is 11.5 Å². The Morgan fingerprint density at radius 1 is 1.23 bits per heavy atom. The third-order valence-corrected chi connectivity index (χ3v) is 6.69. The molecule has 1 amide bonds. The van der Waals surface area contributed by atoms with Crippen LogP contribution in [0.25, 0.3) is 6.08 Å². The van der Waals surface area contributed by atoms with Gasteiger partial charge in [0.05, 0.1) is 26.4 Å². The molecular weight excluding hydrogens is 414 g/mol. The molecule has 0 aliphatic heterocycles. The third-order valence-electron chi connectivity index (χ3n) is 5.52. The number of carbonyl (C=O) groups excluding carboxylic acids is 2. The van der Waals surface area contributed by atoms with Crippen LogP contribution in [0.1, 0.15) is 53.1 Å². The summed E-state index contributed by atoms with van der Waals surface area (Å²) in [7, 11) is 3.15. The van der Waals surface area contributed by atoms with Crippen molar-refractivity contribution in [3.63, 3.8) is 0 Å². The van der Waals surface area contributed by atoms with Crippen molar-refractivity contribution in [2.45, 2.75) is 39.5 Å². The molecule has 3 rings (SSSR count). The SMILES string of the molecule is CCOC(=O)c1c(NC(=O)/C=C/c2ccc(OC)cc2OC)sc2c1CC[C@H](CC)C2. The topological polar surface area (TPSA) is 73.9 Å². The predicted octanol–water partition coefficient (Wildman–Crippen LogP) is 5.11. The summed E-state index contributed by atoms with van der Waals surface area (Å²) in [5.41, 5.74) is 2.30. The maximum atomic E-state index is 12.7. The van der Waals surface area contributed by atoms with Crippen molar-refractivity contribution in [1.82, 2.24) is 0 Å². The maximum Gasteiger partial charge on any atom is 0.341 e. The lowest BCUT2D eigenvalue weighted by Gasteiger charge is -2.20. The molecule has 0 spiro atoms. The normalized spacial score (nSPS) is 15.4. The highest BCUT2D eigenvalue weighted by atomic mass is 32.1. The fraction of sp³-hybridized carbons (Fsp3) is 0.417. The molecule has 1 heterocycles. The summed E-state index contributed by atoms with van der Waals surface area (Å²) in [4.78, 5) is 26.5. The highest BCUT2D eigenvalue weighted by Crippen LogP contribution is 2.40. The van der Waals surface area contributed by atoms with E-state index >= 15 is 0 Å². The standard InChI is InChI=1S/C24H29NO5S/c1-5-15-7-11-18-20(13-15)31-23(22(18)24(27)30-6-2)25-21(26)12-9-16-8-10-17(28-3)14-19(16)29-4/h8-10,12,14-15H,5-7,11,13H2,1-4H3,(H,25,26)/b12-9+/t15-/m0/s1. The van der Waals surface area contributed by atoms with Crippen LogP contribution in [0.2, 0.25) is 0 Å². The average molecular weight is 444 g/mol. The molecule has 0 radical (unpaired) electrons. The first kappa shape index (κ1) is 22.9. The van der Waals surface area contributed by atoms with E-state index in [0.717, 1.165) is 36.8 Å². The molecule has 0 bridgehead atoms. The number of fused-ring (bicyclic) bond motifs is 1. The molecule has 1 atom stereocenters.